The Hall–Kier alpha value is -3.96. The van der Waals surface area contributed by atoms with Gasteiger partial charge >= 0.3 is 0 Å². The van der Waals surface area contributed by atoms with Gasteiger partial charge in [-0.1, -0.05) is 18.2 Å². The molecule has 2 aliphatic heterocycles. The topological polar surface area (TPSA) is 77.6 Å². The zero-order valence-electron chi connectivity index (χ0n) is 23.2. The highest BCUT2D eigenvalue weighted by Gasteiger charge is 2.62. The molecule has 3 aliphatic rings. The lowest BCUT2D eigenvalue weighted by Gasteiger charge is -2.36. The highest BCUT2D eigenvalue weighted by molar-refractivity contribution is 5.95. The van der Waals surface area contributed by atoms with E-state index in [4.69, 9.17) is 4.74 Å². The third-order valence-corrected chi connectivity index (χ3v) is 8.56. The summed E-state index contributed by atoms with van der Waals surface area (Å²) in [6.45, 7) is 3.87. The van der Waals surface area contributed by atoms with Crippen LogP contribution in [0.1, 0.15) is 17.5 Å². The van der Waals surface area contributed by atoms with Crippen molar-refractivity contribution in [3.63, 3.8) is 0 Å². The number of hydrogen-bond donors (Lipinski definition) is 1. The molecule has 1 aliphatic carbocycles. The number of aromatic amines is 1. The maximum Gasteiger partial charge on any atom is 0.260 e. The first-order valence-corrected chi connectivity index (χ1v) is 14.2. The number of amides is 1. The van der Waals surface area contributed by atoms with Gasteiger partial charge in [-0.25, -0.2) is 13.2 Å². The molecule has 7 rings (SSSR count). The summed E-state index contributed by atoms with van der Waals surface area (Å²) in [5, 5.41) is 8.38. The Morgan fingerprint density at radius 1 is 1.07 bits per heavy atom. The van der Waals surface area contributed by atoms with Crippen molar-refractivity contribution in [2.24, 2.45) is 5.92 Å². The molecule has 1 saturated carbocycles. The fourth-order valence-corrected chi connectivity index (χ4v) is 6.00. The van der Waals surface area contributed by atoms with Crippen molar-refractivity contribution in [1.82, 2.24) is 25.0 Å². The lowest BCUT2D eigenvalue weighted by molar-refractivity contribution is -0.136. The van der Waals surface area contributed by atoms with Crippen LogP contribution >= 0.6 is 0 Å². The predicted molar refractivity (Wildman–Crippen MR) is 153 cm³/mol. The number of aromatic nitrogens is 3. The third kappa shape index (κ3) is 4.90. The van der Waals surface area contributed by atoms with Crippen LogP contribution in [0.5, 0.6) is 0 Å². The van der Waals surface area contributed by atoms with Crippen molar-refractivity contribution in [3.8, 4) is 22.5 Å². The van der Waals surface area contributed by atoms with Gasteiger partial charge in [0.2, 0.25) is 5.91 Å². The molecule has 218 valence electrons. The molecule has 1 N–H and O–H groups in total. The van der Waals surface area contributed by atoms with Gasteiger partial charge in [-0.15, -0.1) is 0 Å². The van der Waals surface area contributed by atoms with Crippen LogP contribution in [0.15, 0.2) is 48.7 Å². The standard InChI is InChI=1S/C31H31F3N6O2/c1-38-7-9-39(10-8-38)27-6-5-19-13-21(27)17-40(30(41)23-15-31(23,33)34)11-12-42-18-20-3-2-4-24(32)28(20)25-14-22-26(16-35-25)36-37-29(19)22/h2-6,13-14,16,23H,7-12,15,17-18H2,1H3,(H,36,37)/t23-/m0/s1. The molecule has 1 saturated heterocycles. The van der Waals surface area contributed by atoms with E-state index in [2.05, 4.69) is 32.0 Å². The Morgan fingerprint density at radius 2 is 1.88 bits per heavy atom. The Kier molecular flexibility index (Phi) is 6.66. The summed E-state index contributed by atoms with van der Waals surface area (Å²) < 4.78 is 49.3. The number of H-pyrrole nitrogens is 1. The number of nitrogens with zero attached hydrogens (tertiary/aromatic N) is 5. The quantitative estimate of drug-likeness (QED) is 0.373. The van der Waals surface area contributed by atoms with Crippen LogP contribution in [0.25, 0.3) is 33.4 Å². The Balaban J connectivity index is 1.36. The summed E-state index contributed by atoms with van der Waals surface area (Å²) in [4.78, 5) is 23.9. The average molecular weight is 577 g/mol. The third-order valence-electron chi connectivity index (χ3n) is 8.56. The van der Waals surface area contributed by atoms with Crippen LogP contribution in [0.2, 0.25) is 0 Å². The molecule has 11 heteroatoms. The number of hydrogen-bond acceptors (Lipinski definition) is 6. The maximum atomic E-state index is 15.2. The van der Waals surface area contributed by atoms with Crippen LogP contribution in [0, 0.1) is 11.7 Å². The Bertz CT molecular complexity index is 1670. The van der Waals surface area contributed by atoms with E-state index in [9.17, 15) is 13.6 Å². The molecule has 4 aromatic rings. The van der Waals surface area contributed by atoms with Crippen LogP contribution in [0.3, 0.4) is 0 Å². The molecular weight excluding hydrogens is 545 g/mol. The molecule has 4 heterocycles. The van der Waals surface area contributed by atoms with Crippen molar-refractivity contribution < 1.29 is 22.7 Å². The van der Waals surface area contributed by atoms with E-state index in [0.717, 1.165) is 48.4 Å². The van der Waals surface area contributed by atoms with Crippen LogP contribution in [0.4, 0.5) is 18.9 Å². The molecular formula is C31H31F3N6O2. The van der Waals surface area contributed by atoms with Gasteiger partial charge in [0.25, 0.3) is 5.92 Å². The number of carbonyl (C=O) groups excluding carboxylic acids is 1. The number of alkyl halides is 2. The average Bonchev–Trinajstić information content (AvgIpc) is 3.42. The molecule has 42 heavy (non-hydrogen) atoms. The minimum absolute atomic E-state index is 0.0764. The van der Waals surface area contributed by atoms with E-state index < -0.39 is 30.0 Å². The summed E-state index contributed by atoms with van der Waals surface area (Å²) in [5.41, 5.74) is 5.37. The first kappa shape index (κ1) is 26.9. The SMILES string of the molecule is CN1CCN(c2ccc3cc2CN(C(=O)[C@@H]2CC2(F)F)CCOCc2cccc(F)c2-c2cc4c-3n[nH]c4cn2)CC1. The first-order chi connectivity index (χ1) is 20.3. The van der Waals surface area contributed by atoms with E-state index in [1.807, 2.05) is 24.3 Å². The van der Waals surface area contributed by atoms with Gasteiger partial charge in [-0.05, 0) is 42.4 Å². The van der Waals surface area contributed by atoms with Crippen molar-refractivity contribution in [3.05, 3.63) is 65.6 Å². The van der Waals surface area contributed by atoms with Crippen LogP contribution in [-0.4, -0.2) is 83.2 Å². The van der Waals surface area contributed by atoms with Crippen molar-refractivity contribution in [2.45, 2.75) is 25.5 Å². The summed E-state index contributed by atoms with van der Waals surface area (Å²) in [6, 6.07) is 12.6. The van der Waals surface area contributed by atoms with Crippen LogP contribution < -0.4 is 4.90 Å². The number of anilines is 1. The maximum absolute atomic E-state index is 15.2. The van der Waals surface area contributed by atoms with Gasteiger partial charge in [0, 0.05) is 67.9 Å². The van der Waals surface area contributed by atoms with E-state index in [-0.39, 0.29) is 26.3 Å². The number of benzene rings is 2. The summed E-state index contributed by atoms with van der Waals surface area (Å²) in [6.07, 6.45) is 1.21. The normalized spacial score (nSPS) is 20.7. The number of likely N-dealkylation sites (N-methyl/N-ethyl adjacent to an activating group) is 1. The largest absolute Gasteiger partial charge is 0.375 e. The Labute approximate surface area is 241 Å². The number of ether oxygens (including phenoxy) is 1. The molecule has 2 aromatic heterocycles. The lowest BCUT2D eigenvalue weighted by Crippen LogP contribution is -2.45. The van der Waals surface area contributed by atoms with E-state index in [1.54, 1.807) is 18.3 Å². The van der Waals surface area contributed by atoms with Gasteiger partial charge in [-0.2, -0.15) is 5.10 Å². The van der Waals surface area contributed by atoms with E-state index >= 15 is 4.39 Å². The number of pyridine rings is 1. The number of fused-ring (bicyclic) bond motifs is 6. The summed E-state index contributed by atoms with van der Waals surface area (Å²) >= 11 is 0. The minimum Gasteiger partial charge on any atom is -0.375 e. The fraction of sp³-hybridized carbons (Fsp3) is 0.387. The number of piperazine rings is 1. The second-order valence-corrected chi connectivity index (χ2v) is 11.4. The van der Waals surface area contributed by atoms with E-state index in [0.29, 0.717) is 28.0 Å². The first-order valence-electron chi connectivity index (χ1n) is 14.2. The summed E-state index contributed by atoms with van der Waals surface area (Å²) in [5.74, 6) is -5.30. The predicted octanol–water partition coefficient (Wildman–Crippen LogP) is 4.70. The number of rotatable bonds is 2. The molecule has 2 aromatic carbocycles. The molecule has 1 amide bonds. The Morgan fingerprint density at radius 3 is 2.67 bits per heavy atom. The van der Waals surface area contributed by atoms with Crippen molar-refractivity contribution >= 4 is 22.5 Å². The molecule has 8 nitrogen and oxygen atoms in total. The van der Waals surface area contributed by atoms with Crippen LogP contribution in [-0.2, 0) is 22.7 Å². The van der Waals surface area contributed by atoms with Gasteiger partial charge in [0.15, 0.2) is 0 Å². The minimum atomic E-state index is -2.98. The highest BCUT2D eigenvalue weighted by atomic mass is 19.3. The summed E-state index contributed by atoms with van der Waals surface area (Å²) in [7, 11) is 2.08. The van der Waals surface area contributed by atoms with Gasteiger partial charge in [0.1, 0.15) is 17.4 Å². The number of carbonyl (C=O) groups is 1. The second kappa shape index (κ2) is 10.4. The van der Waals surface area contributed by atoms with Gasteiger partial charge in [-0.3, -0.25) is 14.9 Å². The zero-order chi connectivity index (χ0) is 29.0. The lowest BCUT2D eigenvalue weighted by atomic mass is 10.00. The zero-order valence-corrected chi connectivity index (χ0v) is 23.2. The molecule has 0 unspecified atom stereocenters. The second-order valence-electron chi connectivity index (χ2n) is 11.4. The number of nitrogens with one attached hydrogen (secondary N) is 1. The van der Waals surface area contributed by atoms with Gasteiger partial charge < -0.3 is 19.4 Å². The molecule has 0 radical (unpaired) electrons. The highest BCUT2D eigenvalue weighted by Crippen LogP contribution is 2.49. The fourth-order valence-electron chi connectivity index (χ4n) is 6.00. The van der Waals surface area contributed by atoms with E-state index in [1.165, 1.54) is 11.0 Å². The molecule has 1 atom stereocenters. The smallest absolute Gasteiger partial charge is 0.260 e. The van der Waals surface area contributed by atoms with Gasteiger partial charge in [0.05, 0.1) is 30.6 Å². The number of halogens is 3. The molecule has 4 bridgehead atoms. The molecule has 0 spiro atoms. The van der Waals surface area contributed by atoms with Crippen molar-refractivity contribution in [2.75, 3.05) is 51.3 Å². The molecule has 2 fully saturated rings. The monoisotopic (exact) mass is 576 g/mol. The van der Waals surface area contributed by atoms with Crippen molar-refractivity contribution in [1.29, 1.82) is 0 Å².